The Labute approximate surface area is 301 Å². The number of benzene rings is 1. The van der Waals surface area contributed by atoms with Gasteiger partial charge in [-0.2, -0.15) is 6.08 Å². The molecule has 0 bridgehead atoms. The molecule has 0 spiro atoms. The first-order valence-corrected chi connectivity index (χ1v) is 17.2. The Balaban J connectivity index is 0.000000286. The van der Waals surface area contributed by atoms with Crippen LogP contribution in [-0.2, 0) is 24.2 Å². The van der Waals surface area contributed by atoms with E-state index in [1.54, 1.807) is 0 Å². The third-order valence-electron chi connectivity index (χ3n) is 13.8. The molecule has 7 rings (SSSR count). The van der Waals surface area contributed by atoms with Crippen molar-refractivity contribution in [3.8, 4) is 0 Å². The summed E-state index contributed by atoms with van der Waals surface area (Å²) >= 11 is 1.51. The summed E-state index contributed by atoms with van der Waals surface area (Å²) in [6.07, 6.45) is 39.3. The predicted molar refractivity (Wildman–Crippen MR) is 182 cm³/mol. The maximum Gasteiger partial charge on any atom is -0.109 e. The molecule has 8 unspecified atom stereocenters. The summed E-state index contributed by atoms with van der Waals surface area (Å²) < 4.78 is 1.46. The van der Waals surface area contributed by atoms with Crippen molar-refractivity contribution in [2.75, 3.05) is 0 Å². The Kier molecular flexibility index (Phi) is 11.1. The molecule has 6 aliphatic rings. The van der Waals surface area contributed by atoms with Gasteiger partial charge in [-0.1, -0.05) is 115 Å². The molecule has 3 heteroatoms. The standard InChI is InChI=1S/C29H37.C8H8.C5H5.2ClH.Zr/c1-21-14-13-15-22-20-27(6)25(4)18-10-9-16-23(25,2)24(3)17-11-12-19-26(24,5)29(27,8)28(21,22)7;1-2-8-6-4-3-5-7-8;1-2-4-5-3-1;;;/h9-20,22H,1-8H3;3-7H,1H3;1-3H,4H2;2*1H;/q-1;;-1;;;+2/p-2. The fraction of sp³-hybridized carbons (Fsp3) is 0.429. The average Bonchev–Trinajstić information content (AvgIpc) is 3.64. The molecule has 0 aromatic heterocycles. The van der Waals surface area contributed by atoms with Crippen molar-refractivity contribution in [2.24, 2.45) is 43.8 Å². The smallest absolute Gasteiger partial charge is 0.109 e. The third-order valence-corrected chi connectivity index (χ3v) is 14.5. The Bertz CT molecular complexity index is 1510. The zero-order chi connectivity index (χ0) is 31.4. The monoisotopic (exact) mass is 714 g/mol. The van der Waals surface area contributed by atoms with Gasteiger partial charge in [-0.25, -0.2) is 12.2 Å². The SMILES string of the molecule is CC1=CC=CC2[CH-]C3(C)C4(C)C=CC=CC4(C)C4(C)C=CC=CC4(C)C3(C)C12C.C[C](=[Zr+2])c1ccccc1.[C-]1=CC=CC1.[Cl-].[Cl-]. The molecule has 0 saturated heterocycles. The summed E-state index contributed by atoms with van der Waals surface area (Å²) in [5.74, 6) is 0.460. The van der Waals surface area contributed by atoms with Gasteiger partial charge in [0.1, 0.15) is 0 Å². The van der Waals surface area contributed by atoms with E-state index in [4.69, 9.17) is 0 Å². The van der Waals surface area contributed by atoms with Gasteiger partial charge in [0.15, 0.2) is 0 Å². The van der Waals surface area contributed by atoms with Crippen LogP contribution >= 0.6 is 0 Å². The van der Waals surface area contributed by atoms with Gasteiger partial charge in [0.2, 0.25) is 0 Å². The van der Waals surface area contributed by atoms with Crippen LogP contribution in [0.4, 0.5) is 0 Å². The van der Waals surface area contributed by atoms with E-state index in [1.165, 1.54) is 38.6 Å². The second-order valence-corrected chi connectivity index (χ2v) is 16.5. The largest absolute Gasteiger partial charge is 1.00 e. The van der Waals surface area contributed by atoms with Gasteiger partial charge in [-0.3, -0.25) is 6.08 Å². The van der Waals surface area contributed by atoms with Crippen molar-refractivity contribution in [3.63, 3.8) is 0 Å². The van der Waals surface area contributed by atoms with Crippen LogP contribution < -0.4 is 24.8 Å². The Morgan fingerprint density at radius 3 is 1.76 bits per heavy atom. The fourth-order valence-electron chi connectivity index (χ4n) is 10.3. The van der Waals surface area contributed by atoms with Crippen molar-refractivity contribution in [1.29, 1.82) is 0 Å². The van der Waals surface area contributed by atoms with E-state index in [0.29, 0.717) is 5.92 Å². The first kappa shape index (κ1) is 37.9. The molecule has 0 heterocycles. The minimum absolute atomic E-state index is 0. The molecule has 0 nitrogen and oxygen atoms in total. The Morgan fingerprint density at radius 2 is 1.29 bits per heavy atom. The minimum atomic E-state index is 0. The van der Waals surface area contributed by atoms with E-state index in [2.05, 4.69) is 172 Å². The minimum Gasteiger partial charge on any atom is -1.00 e. The van der Waals surface area contributed by atoms with Crippen molar-refractivity contribution >= 4 is 3.21 Å². The molecular formula is C42H50Cl2Zr-2. The quantitative estimate of drug-likeness (QED) is 0.369. The van der Waals surface area contributed by atoms with E-state index in [1.807, 2.05) is 18.2 Å². The number of rotatable bonds is 1. The molecular weight excluding hydrogens is 667 g/mol. The van der Waals surface area contributed by atoms with Gasteiger partial charge in [0.25, 0.3) is 0 Å². The van der Waals surface area contributed by atoms with E-state index in [9.17, 15) is 0 Å². The van der Waals surface area contributed by atoms with Crippen molar-refractivity contribution < 1.29 is 49.0 Å². The van der Waals surface area contributed by atoms with E-state index in [0.717, 1.165) is 6.42 Å². The molecule has 1 aromatic carbocycles. The topological polar surface area (TPSA) is 0 Å². The molecule has 238 valence electrons. The molecule has 45 heavy (non-hydrogen) atoms. The predicted octanol–water partition coefficient (Wildman–Crippen LogP) is 4.73. The summed E-state index contributed by atoms with van der Waals surface area (Å²) in [6.45, 7) is 22.5. The van der Waals surface area contributed by atoms with E-state index < -0.39 is 0 Å². The van der Waals surface area contributed by atoms with Crippen LogP contribution in [0.1, 0.15) is 74.3 Å². The van der Waals surface area contributed by atoms with Crippen molar-refractivity contribution in [1.82, 2.24) is 0 Å². The van der Waals surface area contributed by atoms with Gasteiger partial charge < -0.3 is 31.2 Å². The van der Waals surface area contributed by atoms with Crippen LogP contribution in [-0.4, -0.2) is 3.21 Å². The van der Waals surface area contributed by atoms with Gasteiger partial charge >= 0.3 is 70.3 Å². The Morgan fingerprint density at radius 1 is 0.756 bits per heavy atom. The second-order valence-electron chi connectivity index (χ2n) is 14.7. The zero-order valence-corrected chi connectivity index (χ0v) is 32.6. The van der Waals surface area contributed by atoms with E-state index in [-0.39, 0.29) is 62.7 Å². The van der Waals surface area contributed by atoms with Crippen LogP contribution in [0.25, 0.3) is 0 Å². The first-order valence-electron chi connectivity index (χ1n) is 16.0. The van der Waals surface area contributed by atoms with Gasteiger partial charge in [0.05, 0.1) is 0 Å². The first-order chi connectivity index (χ1) is 20.2. The summed E-state index contributed by atoms with van der Waals surface area (Å²) in [5, 5.41) is 0. The molecule has 0 N–H and O–H groups in total. The summed E-state index contributed by atoms with van der Waals surface area (Å²) in [7, 11) is 0. The molecule has 2 fully saturated rings. The molecule has 6 aliphatic carbocycles. The van der Waals surface area contributed by atoms with Crippen LogP contribution in [0.3, 0.4) is 0 Å². The van der Waals surface area contributed by atoms with Crippen LogP contribution in [0, 0.1) is 56.3 Å². The van der Waals surface area contributed by atoms with E-state index >= 15 is 0 Å². The number of allylic oxidation sites excluding steroid dienone is 16. The van der Waals surface area contributed by atoms with Gasteiger partial charge in [-0.05, 0) is 28.6 Å². The molecule has 0 radical (unpaired) electrons. The van der Waals surface area contributed by atoms with Crippen molar-refractivity contribution in [2.45, 2.75) is 68.7 Å². The number of fused-ring (bicyclic) bond motifs is 8. The molecule has 0 amide bonds. The molecule has 0 aliphatic heterocycles. The zero-order valence-electron chi connectivity index (χ0n) is 28.6. The summed E-state index contributed by atoms with van der Waals surface area (Å²) in [4.78, 5) is 0. The van der Waals surface area contributed by atoms with Crippen LogP contribution in [0.5, 0.6) is 0 Å². The molecule has 1 aromatic rings. The van der Waals surface area contributed by atoms with Crippen LogP contribution in [0.2, 0.25) is 0 Å². The number of halogens is 2. The van der Waals surface area contributed by atoms with Crippen molar-refractivity contribution in [3.05, 3.63) is 139 Å². The molecule has 8 atom stereocenters. The maximum absolute atomic E-state index is 2.99. The number of hydrogen-bond donors (Lipinski definition) is 0. The number of hydrogen-bond acceptors (Lipinski definition) is 0. The van der Waals surface area contributed by atoms with Crippen LogP contribution in [0.15, 0.2) is 121 Å². The average molecular weight is 717 g/mol. The van der Waals surface area contributed by atoms with Gasteiger partial charge in [0, 0.05) is 10.8 Å². The summed E-state index contributed by atoms with van der Waals surface area (Å²) in [6, 6.07) is 10.5. The second kappa shape index (κ2) is 13.2. The third kappa shape index (κ3) is 4.87. The summed E-state index contributed by atoms with van der Waals surface area (Å²) in [5.41, 5.74) is 3.10. The fourth-order valence-corrected chi connectivity index (χ4v) is 10.7. The maximum atomic E-state index is 2.99. The Hall–Kier alpha value is -1.53. The van der Waals surface area contributed by atoms with Gasteiger partial charge in [-0.15, -0.1) is 23.8 Å². The molecule has 2 saturated carbocycles. The normalized spacial score (nSPS) is 41.8.